The van der Waals surface area contributed by atoms with Crippen molar-refractivity contribution in [1.82, 2.24) is 14.9 Å². The number of hydrogen-bond acceptors (Lipinski definition) is 6. The Balaban J connectivity index is 1.61. The Morgan fingerprint density at radius 2 is 1.97 bits per heavy atom. The van der Waals surface area contributed by atoms with E-state index in [0.717, 1.165) is 31.8 Å². The fraction of sp³-hybridized carbons (Fsp3) is 0.400. The van der Waals surface area contributed by atoms with Gasteiger partial charge in [-0.25, -0.2) is 13.1 Å². The van der Waals surface area contributed by atoms with Gasteiger partial charge in [0.15, 0.2) is 0 Å². The summed E-state index contributed by atoms with van der Waals surface area (Å²) in [5.74, 6) is 1.12. The first kappa shape index (κ1) is 25.0. The van der Waals surface area contributed by atoms with E-state index in [2.05, 4.69) is 56.3 Å². The van der Waals surface area contributed by atoms with Gasteiger partial charge in [0.2, 0.25) is 10.0 Å². The molecule has 3 rings (SSSR count). The smallest absolute Gasteiger partial charge is 0.243 e. The second kappa shape index (κ2) is 12.5. The number of rotatable bonds is 13. The maximum absolute atomic E-state index is 12.4. The zero-order valence-electron chi connectivity index (χ0n) is 19.4. The maximum atomic E-state index is 12.4. The summed E-state index contributed by atoms with van der Waals surface area (Å²) < 4.78 is 33.2. The first-order chi connectivity index (χ1) is 16.0. The van der Waals surface area contributed by atoms with Crippen LogP contribution in [0.5, 0.6) is 5.75 Å². The lowest BCUT2D eigenvalue weighted by Gasteiger charge is -2.34. The summed E-state index contributed by atoms with van der Waals surface area (Å²) in [6.45, 7) is 3.74. The van der Waals surface area contributed by atoms with Gasteiger partial charge in [0.25, 0.3) is 0 Å². The van der Waals surface area contributed by atoms with Crippen LogP contribution >= 0.6 is 0 Å². The highest BCUT2D eigenvalue weighted by molar-refractivity contribution is 7.94. The highest BCUT2D eigenvalue weighted by atomic mass is 32.2. The van der Waals surface area contributed by atoms with E-state index in [9.17, 15) is 8.42 Å². The Morgan fingerprint density at radius 3 is 2.64 bits per heavy atom. The largest absolute Gasteiger partial charge is 0.492 e. The average molecular weight is 471 g/mol. The van der Waals surface area contributed by atoms with Gasteiger partial charge in [0.05, 0.1) is 0 Å². The molecule has 33 heavy (non-hydrogen) atoms. The third-order valence-corrected chi connectivity index (χ3v) is 7.03. The number of sulfonamides is 1. The van der Waals surface area contributed by atoms with Crippen LogP contribution in [0.3, 0.4) is 0 Å². The van der Waals surface area contributed by atoms with Crippen molar-refractivity contribution < 1.29 is 13.2 Å². The lowest BCUT2D eigenvalue weighted by molar-refractivity contribution is 0.169. The Morgan fingerprint density at radius 1 is 1.18 bits per heavy atom. The summed E-state index contributed by atoms with van der Waals surface area (Å²) in [6, 6.07) is 18.7. The second-order valence-electron chi connectivity index (χ2n) is 8.08. The first-order valence-electron chi connectivity index (χ1n) is 11.3. The molecule has 1 atom stereocenters. The van der Waals surface area contributed by atoms with Gasteiger partial charge in [-0.2, -0.15) is 0 Å². The van der Waals surface area contributed by atoms with Crippen LogP contribution in [0.4, 0.5) is 0 Å². The molecule has 2 aromatic carbocycles. The van der Waals surface area contributed by atoms with Crippen LogP contribution < -0.4 is 14.8 Å². The van der Waals surface area contributed by atoms with E-state index in [1.54, 1.807) is 7.05 Å². The topological polar surface area (TPSA) is 83.0 Å². The Labute approximate surface area is 197 Å². The van der Waals surface area contributed by atoms with Crippen LogP contribution in [0.15, 0.2) is 70.7 Å². The molecule has 7 nitrogen and oxygen atoms in total. The van der Waals surface area contributed by atoms with Crippen LogP contribution in [0.1, 0.15) is 23.5 Å². The van der Waals surface area contributed by atoms with Crippen molar-refractivity contribution in [3.05, 3.63) is 76.8 Å². The summed E-state index contributed by atoms with van der Waals surface area (Å²) in [5, 5.41) is 2.72. The van der Waals surface area contributed by atoms with Gasteiger partial charge in [0, 0.05) is 45.5 Å². The zero-order valence-corrected chi connectivity index (χ0v) is 20.2. The van der Waals surface area contributed by atoms with E-state index in [1.807, 2.05) is 18.2 Å². The van der Waals surface area contributed by atoms with Crippen LogP contribution in [0.2, 0.25) is 0 Å². The number of hydrogen-bond donors (Lipinski definition) is 2. The minimum Gasteiger partial charge on any atom is -0.492 e. The minimum absolute atomic E-state index is 0.0734. The van der Waals surface area contributed by atoms with Crippen molar-refractivity contribution in [3.63, 3.8) is 0 Å². The SMILES string of the molecule is C/N=C\C(=C/NC)S(=O)(=O)NCCOc1cccc(C(Cc2ccccc2)CN2CCC2)c1. The molecule has 1 aliphatic heterocycles. The molecule has 1 unspecified atom stereocenters. The molecule has 0 radical (unpaired) electrons. The lowest BCUT2D eigenvalue weighted by atomic mass is 9.90. The van der Waals surface area contributed by atoms with Gasteiger partial charge in [-0.3, -0.25) is 4.99 Å². The van der Waals surface area contributed by atoms with Crippen LogP contribution in [0, 0.1) is 0 Å². The Hall–Kier alpha value is -2.68. The highest BCUT2D eigenvalue weighted by Gasteiger charge is 2.21. The summed E-state index contributed by atoms with van der Waals surface area (Å²) in [5.41, 5.74) is 2.56. The molecule has 1 aliphatic rings. The van der Waals surface area contributed by atoms with Crippen LogP contribution in [-0.4, -0.2) is 66.4 Å². The van der Waals surface area contributed by atoms with Crippen molar-refractivity contribution in [3.8, 4) is 5.75 Å². The predicted molar refractivity (Wildman–Crippen MR) is 134 cm³/mol. The van der Waals surface area contributed by atoms with Gasteiger partial charge in [-0.1, -0.05) is 42.5 Å². The Bertz CT molecular complexity index is 1030. The van der Waals surface area contributed by atoms with Gasteiger partial charge < -0.3 is 15.0 Å². The number of nitrogens with one attached hydrogen (secondary N) is 2. The van der Waals surface area contributed by atoms with E-state index in [4.69, 9.17) is 4.74 Å². The summed E-state index contributed by atoms with van der Waals surface area (Å²) >= 11 is 0. The zero-order chi connectivity index (χ0) is 23.5. The van der Waals surface area contributed by atoms with Crippen LogP contribution in [-0.2, 0) is 16.4 Å². The van der Waals surface area contributed by atoms with Gasteiger partial charge >= 0.3 is 0 Å². The molecule has 1 saturated heterocycles. The third-order valence-electron chi connectivity index (χ3n) is 5.60. The van der Waals surface area contributed by atoms with E-state index in [-0.39, 0.29) is 18.1 Å². The third kappa shape index (κ3) is 7.70. The molecule has 1 heterocycles. The molecule has 0 amide bonds. The monoisotopic (exact) mass is 470 g/mol. The maximum Gasteiger partial charge on any atom is 0.243 e. The highest BCUT2D eigenvalue weighted by Crippen LogP contribution is 2.27. The molecule has 2 aromatic rings. The van der Waals surface area contributed by atoms with Gasteiger partial charge in [-0.05, 0) is 49.2 Å². The average Bonchev–Trinajstić information content (AvgIpc) is 2.79. The number of ether oxygens (including phenoxy) is 1. The molecule has 0 aromatic heterocycles. The summed E-state index contributed by atoms with van der Waals surface area (Å²) in [6.07, 6.45) is 4.94. The summed E-state index contributed by atoms with van der Waals surface area (Å²) in [4.78, 5) is 6.36. The molecular weight excluding hydrogens is 436 g/mol. The van der Waals surface area contributed by atoms with E-state index < -0.39 is 10.0 Å². The van der Waals surface area contributed by atoms with Crippen molar-refractivity contribution in [2.75, 3.05) is 46.9 Å². The molecule has 0 aliphatic carbocycles. The quantitative estimate of drug-likeness (QED) is 0.347. The number of aliphatic imine (C=N–C) groups is 1. The summed E-state index contributed by atoms with van der Waals surface area (Å²) in [7, 11) is -0.483. The fourth-order valence-electron chi connectivity index (χ4n) is 3.80. The number of benzene rings is 2. The molecule has 8 heteroatoms. The minimum atomic E-state index is -3.65. The van der Waals surface area contributed by atoms with Crippen molar-refractivity contribution in [2.45, 2.75) is 18.8 Å². The Kier molecular flexibility index (Phi) is 9.47. The first-order valence-corrected chi connectivity index (χ1v) is 12.8. The molecule has 0 spiro atoms. The van der Waals surface area contributed by atoms with Crippen molar-refractivity contribution >= 4 is 16.2 Å². The number of allylic oxidation sites excluding steroid dienone is 1. The lowest BCUT2D eigenvalue weighted by Crippen LogP contribution is -2.40. The second-order valence-corrected chi connectivity index (χ2v) is 9.85. The normalized spacial score (nSPS) is 15.9. The predicted octanol–water partition coefficient (Wildman–Crippen LogP) is 2.78. The molecule has 2 N–H and O–H groups in total. The molecule has 178 valence electrons. The molecule has 0 bridgehead atoms. The van der Waals surface area contributed by atoms with Crippen LogP contribution in [0.25, 0.3) is 0 Å². The molecule has 0 saturated carbocycles. The van der Waals surface area contributed by atoms with Gasteiger partial charge in [0.1, 0.15) is 17.3 Å². The van der Waals surface area contributed by atoms with Gasteiger partial charge in [-0.15, -0.1) is 0 Å². The molecular formula is C25H34N4O3S. The fourth-order valence-corrected chi connectivity index (χ4v) is 4.84. The van der Waals surface area contributed by atoms with E-state index in [1.165, 1.54) is 37.0 Å². The standard InChI is InChI=1S/C25H34N4O3S/c1-26-18-25(19-27-2)33(30,31)28-12-15-32-24-11-6-10-22(17-24)23(20-29-13-7-14-29)16-21-8-4-3-5-9-21/h3-6,8-11,17-19,23,26,28H,7,12-16,20H2,1-2H3/b25-18+,27-19-. The number of likely N-dealkylation sites (tertiary alicyclic amines) is 1. The van der Waals surface area contributed by atoms with E-state index >= 15 is 0 Å². The van der Waals surface area contributed by atoms with E-state index in [0.29, 0.717) is 5.92 Å². The van der Waals surface area contributed by atoms with Crippen molar-refractivity contribution in [2.24, 2.45) is 4.99 Å². The molecule has 1 fully saturated rings. The van der Waals surface area contributed by atoms with Crippen molar-refractivity contribution in [1.29, 1.82) is 0 Å². The number of nitrogens with zero attached hydrogens (tertiary/aromatic N) is 2.